The Kier molecular flexibility index (Phi) is 3.06. The number of halogens is 1. The van der Waals surface area contributed by atoms with Crippen LogP contribution in [0.5, 0.6) is 0 Å². The highest BCUT2D eigenvalue weighted by molar-refractivity contribution is 6.33. The summed E-state index contributed by atoms with van der Waals surface area (Å²) in [6.45, 7) is 2.29. The normalized spacial score (nSPS) is 25.5. The topological polar surface area (TPSA) is 38.0 Å². The van der Waals surface area contributed by atoms with E-state index in [0.717, 1.165) is 22.3 Å². The third-order valence-electron chi connectivity index (χ3n) is 3.09. The molecule has 2 rings (SSSR count). The van der Waals surface area contributed by atoms with Gasteiger partial charge in [-0.15, -0.1) is 0 Å². The molecule has 2 atom stereocenters. The molecule has 1 aliphatic carbocycles. The van der Waals surface area contributed by atoms with Crippen molar-refractivity contribution < 1.29 is 0 Å². The van der Waals surface area contributed by atoms with Crippen molar-refractivity contribution in [3.05, 3.63) is 23.2 Å². The van der Waals surface area contributed by atoms with Crippen molar-refractivity contribution in [1.29, 1.82) is 0 Å². The van der Waals surface area contributed by atoms with Gasteiger partial charge in [-0.3, -0.25) is 0 Å². The number of nitrogens with one attached hydrogen (secondary N) is 1. The zero-order chi connectivity index (χ0) is 10.8. The van der Waals surface area contributed by atoms with Crippen LogP contribution in [-0.2, 0) is 0 Å². The average Bonchev–Trinajstić information content (AvgIpc) is 2.58. The molecule has 1 aromatic carbocycles. The number of anilines is 2. The molecule has 0 heterocycles. The molecule has 0 saturated heterocycles. The minimum Gasteiger partial charge on any atom is -0.397 e. The van der Waals surface area contributed by atoms with Crippen molar-refractivity contribution in [2.75, 3.05) is 11.1 Å². The Morgan fingerprint density at radius 1 is 1.40 bits per heavy atom. The molecule has 2 unspecified atom stereocenters. The summed E-state index contributed by atoms with van der Waals surface area (Å²) in [6, 6.07) is 6.16. The van der Waals surface area contributed by atoms with Crippen LogP contribution in [0.4, 0.5) is 11.4 Å². The minimum absolute atomic E-state index is 0.530. The maximum atomic E-state index is 6.10. The molecule has 0 amide bonds. The molecule has 0 radical (unpaired) electrons. The Morgan fingerprint density at radius 3 is 2.80 bits per heavy atom. The zero-order valence-electron chi connectivity index (χ0n) is 8.96. The quantitative estimate of drug-likeness (QED) is 0.755. The molecule has 15 heavy (non-hydrogen) atoms. The van der Waals surface area contributed by atoms with Crippen LogP contribution in [0.1, 0.15) is 26.2 Å². The second-order valence-electron chi connectivity index (χ2n) is 4.46. The summed E-state index contributed by atoms with van der Waals surface area (Å²) in [5.74, 6) is 0.811. The van der Waals surface area contributed by atoms with Gasteiger partial charge in [0.1, 0.15) is 0 Å². The fraction of sp³-hybridized carbons (Fsp3) is 0.500. The van der Waals surface area contributed by atoms with Crippen molar-refractivity contribution in [2.45, 2.75) is 32.2 Å². The SMILES string of the molecule is CC1CCC(Nc2c(N)cccc2Cl)C1. The smallest absolute Gasteiger partial charge is 0.0765 e. The average molecular weight is 225 g/mol. The van der Waals surface area contributed by atoms with Crippen molar-refractivity contribution >= 4 is 23.0 Å². The predicted octanol–water partition coefficient (Wildman–Crippen LogP) is 3.52. The molecule has 0 spiro atoms. The van der Waals surface area contributed by atoms with Gasteiger partial charge in [-0.2, -0.15) is 0 Å². The molecular weight excluding hydrogens is 208 g/mol. The van der Waals surface area contributed by atoms with E-state index in [2.05, 4.69) is 12.2 Å². The summed E-state index contributed by atoms with van der Waals surface area (Å²) >= 11 is 6.10. The number of nitrogens with two attached hydrogens (primary N) is 1. The van der Waals surface area contributed by atoms with Crippen LogP contribution in [0.25, 0.3) is 0 Å². The number of para-hydroxylation sites is 1. The van der Waals surface area contributed by atoms with Gasteiger partial charge in [-0.1, -0.05) is 24.6 Å². The third-order valence-corrected chi connectivity index (χ3v) is 3.40. The lowest BCUT2D eigenvalue weighted by Gasteiger charge is -2.16. The first kappa shape index (κ1) is 10.6. The van der Waals surface area contributed by atoms with Crippen LogP contribution in [0, 0.1) is 5.92 Å². The summed E-state index contributed by atoms with van der Waals surface area (Å²) in [5.41, 5.74) is 7.53. The molecule has 1 aliphatic rings. The number of nitrogen functional groups attached to an aromatic ring is 1. The molecule has 3 heteroatoms. The van der Waals surface area contributed by atoms with E-state index in [4.69, 9.17) is 17.3 Å². The maximum Gasteiger partial charge on any atom is 0.0765 e. The highest BCUT2D eigenvalue weighted by Crippen LogP contribution is 2.33. The van der Waals surface area contributed by atoms with E-state index in [1.807, 2.05) is 18.2 Å². The van der Waals surface area contributed by atoms with Gasteiger partial charge in [-0.25, -0.2) is 0 Å². The van der Waals surface area contributed by atoms with E-state index < -0.39 is 0 Å². The van der Waals surface area contributed by atoms with Crippen molar-refractivity contribution in [1.82, 2.24) is 0 Å². The van der Waals surface area contributed by atoms with Gasteiger partial charge in [0.05, 0.1) is 16.4 Å². The Balaban J connectivity index is 2.10. The Hall–Kier alpha value is -0.890. The number of rotatable bonds is 2. The molecule has 0 bridgehead atoms. The highest BCUT2D eigenvalue weighted by atomic mass is 35.5. The summed E-state index contributed by atoms with van der Waals surface area (Å²) in [4.78, 5) is 0. The largest absolute Gasteiger partial charge is 0.397 e. The van der Waals surface area contributed by atoms with Crippen molar-refractivity contribution in [2.24, 2.45) is 5.92 Å². The molecule has 0 aromatic heterocycles. The lowest BCUT2D eigenvalue weighted by Crippen LogP contribution is -2.16. The molecular formula is C12H17ClN2. The molecule has 3 N–H and O–H groups in total. The number of benzene rings is 1. The summed E-state index contributed by atoms with van der Waals surface area (Å²) in [7, 11) is 0. The first-order valence-corrected chi connectivity index (χ1v) is 5.85. The van der Waals surface area contributed by atoms with Crippen LogP contribution in [0.3, 0.4) is 0 Å². The predicted molar refractivity (Wildman–Crippen MR) is 66.3 cm³/mol. The van der Waals surface area contributed by atoms with Crippen LogP contribution in [-0.4, -0.2) is 6.04 Å². The summed E-state index contributed by atoms with van der Waals surface area (Å²) in [5, 5.41) is 4.17. The van der Waals surface area contributed by atoms with E-state index in [0.29, 0.717) is 6.04 Å². The van der Waals surface area contributed by atoms with Crippen LogP contribution in [0.15, 0.2) is 18.2 Å². The van der Waals surface area contributed by atoms with Gasteiger partial charge < -0.3 is 11.1 Å². The van der Waals surface area contributed by atoms with Crippen LogP contribution in [0.2, 0.25) is 5.02 Å². The van der Waals surface area contributed by atoms with Crippen molar-refractivity contribution in [3.8, 4) is 0 Å². The van der Waals surface area contributed by atoms with Crippen LogP contribution < -0.4 is 11.1 Å². The Bertz CT molecular complexity index is 331. The fourth-order valence-corrected chi connectivity index (χ4v) is 2.47. The monoisotopic (exact) mass is 224 g/mol. The molecule has 1 fully saturated rings. The molecule has 0 aliphatic heterocycles. The van der Waals surface area contributed by atoms with E-state index in [-0.39, 0.29) is 0 Å². The Morgan fingerprint density at radius 2 is 2.20 bits per heavy atom. The van der Waals surface area contributed by atoms with E-state index in [1.165, 1.54) is 19.3 Å². The van der Waals surface area contributed by atoms with Gasteiger partial charge >= 0.3 is 0 Å². The molecule has 2 nitrogen and oxygen atoms in total. The number of hydrogen-bond donors (Lipinski definition) is 2. The highest BCUT2D eigenvalue weighted by Gasteiger charge is 2.22. The minimum atomic E-state index is 0.530. The maximum absolute atomic E-state index is 6.10. The van der Waals surface area contributed by atoms with E-state index >= 15 is 0 Å². The lowest BCUT2D eigenvalue weighted by atomic mass is 10.1. The first-order valence-electron chi connectivity index (χ1n) is 5.47. The van der Waals surface area contributed by atoms with Crippen LogP contribution >= 0.6 is 11.6 Å². The fourth-order valence-electron chi connectivity index (χ4n) is 2.24. The van der Waals surface area contributed by atoms with E-state index in [1.54, 1.807) is 0 Å². The number of hydrogen-bond acceptors (Lipinski definition) is 2. The Labute approximate surface area is 95.8 Å². The first-order chi connectivity index (χ1) is 7.16. The molecule has 1 saturated carbocycles. The second-order valence-corrected chi connectivity index (χ2v) is 4.87. The van der Waals surface area contributed by atoms with E-state index in [9.17, 15) is 0 Å². The third kappa shape index (κ3) is 2.37. The zero-order valence-corrected chi connectivity index (χ0v) is 9.72. The van der Waals surface area contributed by atoms with Crippen molar-refractivity contribution in [3.63, 3.8) is 0 Å². The van der Waals surface area contributed by atoms with Gasteiger partial charge in [0.15, 0.2) is 0 Å². The van der Waals surface area contributed by atoms with Gasteiger partial charge in [0, 0.05) is 6.04 Å². The summed E-state index contributed by atoms with van der Waals surface area (Å²) < 4.78 is 0. The second kappa shape index (κ2) is 4.31. The molecule has 1 aromatic rings. The van der Waals surface area contributed by atoms with Gasteiger partial charge in [0.25, 0.3) is 0 Å². The summed E-state index contributed by atoms with van der Waals surface area (Å²) in [6.07, 6.45) is 3.72. The molecule has 82 valence electrons. The van der Waals surface area contributed by atoms with Gasteiger partial charge in [-0.05, 0) is 37.3 Å². The van der Waals surface area contributed by atoms with Gasteiger partial charge in [0.2, 0.25) is 0 Å². The lowest BCUT2D eigenvalue weighted by molar-refractivity contribution is 0.603. The standard InChI is InChI=1S/C12H17ClN2/c1-8-5-6-9(7-8)15-12-10(13)3-2-4-11(12)14/h2-4,8-9,15H,5-7,14H2,1H3.